The van der Waals surface area contributed by atoms with Gasteiger partial charge in [-0.25, -0.2) is 15.4 Å². The monoisotopic (exact) mass is 378 g/mol. The molecular weight excluding hydrogens is 352 g/mol. The van der Waals surface area contributed by atoms with Gasteiger partial charge in [0.2, 0.25) is 11.9 Å². The Labute approximate surface area is 165 Å². The minimum atomic E-state index is -0.103. The highest BCUT2D eigenvalue weighted by Gasteiger charge is 2.46. The van der Waals surface area contributed by atoms with Gasteiger partial charge >= 0.3 is 0 Å². The van der Waals surface area contributed by atoms with Crippen LogP contribution >= 0.6 is 0 Å². The molecule has 2 unspecified atom stereocenters. The minimum absolute atomic E-state index is 0.0568. The van der Waals surface area contributed by atoms with E-state index < -0.39 is 0 Å². The van der Waals surface area contributed by atoms with Crippen LogP contribution in [0.25, 0.3) is 0 Å². The number of rotatable bonds is 2. The number of para-hydroxylation sites is 1. The smallest absolute Gasteiger partial charge is 0.241 e. The number of piperidine rings is 1. The van der Waals surface area contributed by atoms with Crippen molar-refractivity contribution >= 4 is 17.5 Å². The number of hydrogen-bond donors (Lipinski definition) is 2. The lowest BCUT2D eigenvalue weighted by Gasteiger charge is -2.40. The van der Waals surface area contributed by atoms with Gasteiger partial charge in [-0.3, -0.25) is 10.2 Å². The van der Waals surface area contributed by atoms with Gasteiger partial charge in [0, 0.05) is 49.2 Å². The number of nitrogens with one attached hydrogen (secondary N) is 2. The largest absolute Gasteiger partial charge is 0.341 e. The maximum Gasteiger partial charge on any atom is 0.241 e. The molecule has 1 aromatic carbocycles. The number of aromatic nitrogens is 2. The summed E-state index contributed by atoms with van der Waals surface area (Å²) in [7, 11) is 0. The molecule has 3 aliphatic rings. The average Bonchev–Trinajstić information content (AvgIpc) is 3.31. The van der Waals surface area contributed by atoms with Gasteiger partial charge in [-0.2, -0.15) is 0 Å². The maximum atomic E-state index is 12.9. The molecule has 1 spiro atoms. The van der Waals surface area contributed by atoms with E-state index in [2.05, 4.69) is 56.9 Å². The van der Waals surface area contributed by atoms with Crippen LogP contribution < -0.4 is 15.8 Å². The summed E-state index contributed by atoms with van der Waals surface area (Å²) < 4.78 is 0. The van der Waals surface area contributed by atoms with Gasteiger partial charge in [-0.05, 0) is 43.9 Å². The summed E-state index contributed by atoms with van der Waals surface area (Å²) in [6, 6.07) is 10.7. The first-order valence-electron chi connectivity index (χ1n) is 10.1. The van der Waals surface area contributed by atoms with E-state index in [1.807, 2.05) is 11.0 Å². The van der Waals surface area contributed by atoms with Crippen molar-refractivity contribution in [3.63, 3.8) is 0 Å². The van der Waals surface area contributed by atoms with Crippen molar-refractivity contribution in [2.24, 2.45) is 0 Å². The highest BCUT2D eigenvalue weighted by atomic mass is 16.2. The zero-order valence-corrected chi connectivity index (χ0v) is 16.1. The average molecular weight is 378 g/mol. The quantitative estimate of drug-likeness (QED) is 0.829. The molecular formula is C21H26N6O. The third kappa shape index (κ3) is 2.86. The molecule has 0 aliphatic carbocycles. The van der Waals surface area contributed by atoms with Crippen LogP contribution in [0.1, 0.15) is 31.7 Å². The number of amides is 1. The number of nitrogens with zero attached hydrogens (tertiary/aromatic N) is 4. The lowest BCUT2D eigenvalue weighted by molar-refractivity contribution is -0.134. The standard InChI is InChI=1S/C21H26N6O/c1-15-13-17(25-24-15)19(28)26-11-7-21(8-12-26)14-27(20-22-9-4-10-23-20)18-6-3-2-5-16(18)21/h2-6,9-10,15,17,24-25H,7-8,11-14H2,1H3. The Morgan fingerprint density at radius 3 is 2.57 bits per heavy atom. The van der Waals surface area contributed by atoms with E-state index in [9.17, 15) is 4.79 Å². The predicted octanol–water partition coefficient (Wildman–Crippen LogP) is 1.74. The normalized spacial score (nSPS) is 25.9. The molecule has 0 saturated carbocycles. The molecule has 7 heteroatoms. The molecule has 1 amide bonds. The van der Waals surface area contributed by atoms with Crippen molar-refractivity contribution in [2.45, 2.75) is 43.7 Å². The zero-order valence-electron chi connectivity index (χ0n) is 16.1. The van der Waals surface area contributed by atoms with Crippen LogP contribution in [0.2, 0.25) is 0 Å². The van der Waals surface area contributed by atoms with Crippen molar-refractivity contribution in [2.75, 3.05) is 24.5 Å². The first-order valence-corrected chi connectivity index (χ1v) is 10.1. The van der Waals surface area contributed by atoms with E-state index in [-0.39, 0.29) is 17.4 Å². The molecule has 146 valence electrons. The van der Waals surface area contributed by atoms with E-state index in [1.165, 1.54) is 11.3 Å². The van der Waals surface area contributed by atoms with Crippen LogP contribution in [0.15, 0.2) is 42.7 Å². The lowest BCUT2D eigenvalue weighted by Crippen LogP contribution is -2.52. The molecule has 2 fully saturated rings. The Bertz CT molecular complexity index is 864. The van der Waals surface area contributed by atoms with Crippen molar-refractivity contribution in [3.8, 4) is 0 Å². The van der Waals surface area contributed by atoms with Gasteiger partial charge in [-0.15, -0.1) is 0 Å². The van der Waals surface area contributed by atoms with E-state index in [0.29, 0.717) is 6.04 Å². The van der Waals surface area contributed by atoms with Crippen LogP contribution in [0.4, 0.5) is 11.6 Å². The molecule has 1 aromatic heterocycles. The van der Waals surface area contributed by atoms with E-state index >= 15 is 0 Å². The number of benzene rings is 1. The van der Waals surface area contributed by atoms with Crippen molar-refractivity contribution in [1.29, 1.82) is 0 Å². The second-order valence-corrected chi connectivity index (χ2v) is 8.24. The zero-order chi connectivity index (χ0) is 19.1. The van der Waals surface area contributed by atoms with Gasteiger partial charge in [0.25, 0.3) is 0 Å². The third-order valence-corrected chi connectivity index (χ3v) is 6.44. The van der Waals surface area contributed by atoms with E-state index in [4.69, 9.17) is 0 Å². The van der Waals surface area contributed by atoms with Gasteiger partial charge in [0.15, 0.2) is 0 Å². The fourth-order valence-corrected chi connectivity index (χ4v) is 4.92. The number of likely N-dealkylation sites (tertiary alicyclic amines) is 1. The number of fused-ring (bicyclic) bond motifs is 2. The number of hydrazine groups is 1. The predicted molar refractivity (Wildman–Crippen MR) is 107 cm³/mol. The van der Waals surface area contributed by atoms with Crippen molar-refractivity contribution in [1.82, 2.24) is 25.7 Å². The van der Waals surface area contributed by atoms with E-state index in [0.717, 1.165) is 44.8 Å². The fourth-order valence-electron chi connectivity index (χ4n) is 4.92. The summed E-state index contributed by atoms with van der Waals surface area (Å²) in [5, 5.41) is 0. The molecule has 2 saturated heterocycles. The van der Waals surface area contributed by atoms with Gasteiger partial charge in [0.05, 0.1) is 0 Å². The molecule has 2 N–H and O–H groups in total. The number of hydrogen-bond acceptors (Lipinski definition) is 6. The summed E-state index contributed by atoms with van der Waals surface area (Å²) in [6.07, 6.45) is 6.37. The minimum Gasteiger partial charge on any atom is -0.341 e. The van der Waals surface area contributed by atoms with Crippen LogP contribution in [0.5, 0.6) is 0 Å². The van der Waals surface area contributed by atoms with Crippen molar-refractivity contribution < 1.29 is 4.79 Å². The van der Waals surface area contributed by atoms with Crippen LogP contribution in [0.3, 0.4) is 0 Å². The Kier molecular flexibility index (Phi) is 4.29. The summed E-state index contributed by atoms with van der Waals surface area (Å²) >= 11 is 0. The van der Waals surface area contributed by atoms with Gasteiger partial charge in [-0.1, -0.05) is 18.2 Å². The third-order valence-electron chi connectivity index (χ3n) is 6.44. The fraction of sp³-hybridized carbons (Fsp3) is 0.476. The van der Waals surface area contributed by atoms with Crippen molar-refractivity contribution in [3.05, 3.63) is 48.3 Å². The Morgan fingerprint density at radius 2 is 1.86 bits per heavy atom. The molecule has 0 bridgehead atoms. The molecule has 7 nitrogen and oxygen atoms in total. The summed E-state index contributed by atoms with van der Waals surface area (Å²) in [4.78, 5) is 26.1. The van der Waals surface area contributed by atoms with Gasteiger partial charge in [0.1, 0.15) is 6.04 Å². The summed E-state index contributed by atoms with van der Waals surface area (Å²) in [5.74, 6) is 0.974. The second-order valence-electron chi connectivity index (χ2n) is 8.24. The molecule has 4 heterocycles. The van der Waals surface area contributed by atoms with Crippen LogP contribution in [-0.4, -0.2) is 52.5 Å². The Morgan fingerprint density at radius 1 is 1.11 bits per heavy atom. The Balaban J connectivity index is 1.36. The molecule has 28 heavy (non-hydrogen) atoms. The highest BCUT2D eigenvalue weighted by molar-refractivity contribution is 5.82. The number of anilines is 2. The van der Waals surface area contributed by atoms with E-state index in [1.54, 1.807) is 12.4 Å². The Hall–Kier alpha value is -2.51. The molecule has 2 aromatic rings. The molecule has 2 atom stereocenters. The molecule has 5 rings (SSSR count). The lowest BCUT2D eigenvalue weighted by atomic mass is 9.74. The summed E-state index contributed by atoms with van der Waals surface area (Å²) in [5.41, 5.74) is 8.92. The molecule has 3 aliphatic heterocycles. The summed E-state index contributed by atoms with van der Waals surface area (Å²) in [6.45, 7) is 4.56. The number of carbonyl (C=O) groups is 1. The maximum absolute atomic E-state index is 12.9. The highest BCUT2D eigenvalue weighted by Crippen LogP contribution is 2.48. The number of carbonyl (C=O) groups excluding carboxylic acids is 1. The topological polar surface area (TPSA) is 73.4 Å². The first-order chi connectivity index (χ1) is 13.7. The van der Waals surface area contributed by atoms with Crippen LogP contribution in [-0.2, 0) is 10.2 Å². The SMILES string of the molecule is CC1CC(C(=O)N2CCC3(CC2)CN(c2ncccn2)c2ccccc23)NN1. The molecule has 0 radical (unpaired) electrons. The van der Waals surface area contributed by atoms with Crippen LogP contribution in [0, 0.1) is 0 Å². The first kappa shape index (κ1) is 17.6. The second kappa shape index (κ2) is 6.83. The van der Waals surface area contributed by atoms with Gasteiger partial charge < -0.3 is 9.80 Å².